The maximum Gasteiger partial charge on any atom is 0.307 e. The number of rotatable bonds is 2. The highest BCUT2D eigenvalue weighted by Gasteiger charge is 2.44. The maximum atomic E-state index is 10.9. The number of hydrogen-bond acceptors (Lipinski definition) is 2. The van der Waals surface area contributed by atoms with Crippen LogP contribution in [0.25, 0.3) is 10.8 Å². The molecular weight excluding hydrogens is 202 g/mol. The molecule has 0 aliphatic heterocycles. The number of pyridine rings is 1. The smallest absolute Gasteiger partial charge is 0.307 e. The number of carboxylic acid groups (broad SMARTS) is 1. The summed E-state index contributed by atoms with van der Waals surface area (Å²) in [5, 5.41) is 11.1. The average Bonchev–Trinajstić information content (AvgIpc) is 3.08. The molecule has 0 amide bonds. The zero-order chi connectivity index (χ0) is 11.1. The van der Waals surface area contributed by atoms with Gasteiger partial charge >= 0.3 is 5.97 Å². The van der Waals surface area contributed by atoms with Crippen molar-refractivity contribution in [3.8, 4) is 0 Å². The molecule has 16 heavy (non-hydrogen) atoms. The minimum atomic E-state index is -0.696. The molecule has 3 nitrogen and oxygen atoms in total. The van der Waals surface area contributed by atoms with Crippen molar-refractivity contribution in [1.82, 2.24) is 4.98 Å². The lowest BCUT2D eigenvalue weighted by Gasteiger charge is -2.03. The molecule has 1 saturated carbocycles. The fraction of sp³-hybridized carbons (Fsp3) is 0.231. The number of fused-ring (bicyclic) bond motifs is 1. The molecule has 1 aliphatic carbocycles. The topological polar surface area (TPSA) is 50.2 Å². The van der Waals surface area contributed by atoms with Gasteiger partial charge in [-0.25, -0.2) is 0 Å². The first-order chi connectivity index (χ1) is 7.77. The lowest BCUT2D eigenvalue weighted by Crippen LogP contribution is -1.99. The van der Waals surface area contributed by atoms with Crippen molar-refractivity contribution in [3.63, 3.8) is 0 Å². The lowest BCUT2D eigenvalue weighted by atomic mass is 10.0. The molecule has 1 fully saturated rings. The Labute approximate surface area is 92.7 Å². The molecule has 1 aromatic carbocycles. The number of aromatic nitrogens is 1. The van der Waals surface area contributed by atoms with Crippen LogP contribution >= 0.6 is 0 Å². The number of carbonyl (C=O) groups is 1. The van der Waals surface area contributed by atoms with Gasteiger partial charge in [-0.15, -0.1) is 0 Å². The quantitative estimate of drug-likeness (QED) is 0.833. The number of hydrogen-bond donors (Lipinski definition) is 1. The Morgan fingerprint density at radius 1 is 1.31 bits per heavy atom. The third-order valence-corrected chi connectivity index (χ3v) is 3.21. The predicted octanol–water partition coefficient (Wildman–Crippen LogP) is 2.42. The van der Waals surface area contributed by atoms with Crippen LogP contribution in [0.3, 0.4) is 0 Å². The van der Waals surface area contributed by atoms with E-state index in [-0.39, 0.29) is 11.8 Å². The number of aliphatic carboxylic acids is 1. The van der Waals surface area contributed by atoms with Gasteiger partial charge in [0.15, 0.2) is 0 Å². The molecule has 0 bridgehead atoms. The Morgan fingerprint density at radius 2 is 2.12 bits per heavy atom. The summed E-state index contributed by atoms with van der Waals surface area (Å²) in [7, 11) is 0. The number of carboxylic acids is 1. The second kappa shape index (κ2) is 3.30. The summed E-state index contributed by atoms with van der Waals surface area (Å²) in [6, 6.07) is 7.98. The van der Waals surface area contributed by atoms with E-state index in [0.29, 0.717) is 0 Å². The first-order valence-electron chi connectivity index (χ1n) is 5.33. The van der Waals surface area contributed by atoms with Crippen molar-refractivity contribution in [2.75, 3.05) is 0 Å². The van der Waals surface area contributed by atoms with Crippen LogP contribution in [-0.2, 0) is 4.79 Å². The lowest BCUT2D eigenvalue weighted by molar-refractivity contribution is -0.138. The van der Waals surface area contributed by atoms with Gasteiger partial charge in [0.2, 0.25) is 0 Å². The molecule has 0 spiro atoms. The predicted molar refractivity (Wildman–Crippen MR) is 60.2 cm³/mol. The van der Waals surface area contributed by atoms with Gasteiger partial charge in [0.1, 0.15) is 0 Å². The number of benzene rings is 1. The molecule has 0 saturated heterocycles. The van der Waals surface area contributed by atoms with Gasteiger partial charge in [-0.05, 0) is 17.4 Å². The zero-order valence-electron chi connectivity index (χ0n) is 8.63. The molecule has 1 aromatic heterocycles. The SMILES string of the molecule is O=C(O)C1CC1c1cncc2ccccc12. The largest absolute Gasteiger partial charge is 0.481 e. The first kappa shape index (κ1) is 9.33. The van der Waals surface area contributed by atoms with E-state index in [4.69, 9.17) is 5.11 Å². The van der Waals surface area contributed by atoms with E-state index in [1.54, 1.807) is 6.20 Å². The summed E-state index contributed by atoms with van der Waals surface area (Å²) in [5.74, 6) is -0.762. The van der Waals surface area contributed by atoms with E-state index >= 15 is 0 Å². The molecular formula is C13H11NO2. The van der Waals surface area contributed by atoms with Gasteiger partial charge in [-0.2, -0.15) is 0 Å². The van der Waals surface area contributed by atoms with Crippen molar-refractivity contribution in [2.45, 2.75) is 12.3 Å². The Morgan fingerprint density at radius 3 is 2.88 bits per heavy atom. The Hall–Kier alpha value is -1.90. The third kappa shape index (κ3) is 1.36. The Bertz CT molecular complexity index is 559. The van der Waals surface area contributed by atoms with Crippen LogP contribution in [0.4, 0.5) is 0 Å². The summed E-state index contributed by atoms with van der Waals surface area (Å²) in [6.07, 6.45) is 4.36. The van der Waals surface area contributed by atoms with Crippen LogP contribution in [0, 0.1) is 5.92 Å². The highest BCUT2D eigenvalue weighted by molar-refractivity contribution is 5.87. The van der Waals surface area contributed by atoms with Crippen molar-refractivity contribution in [2.24, 2.45) is 5.92 Å². The highest BCUT2D eigenvalue weighted by Crippen LogP contribution is 2.49. The fourth-order valence-corrected chi connectivity index (χ4v) is 2.25. The molecule has 2 atom stereocenters. The van der Waals surface area contributed by atoms with Gasteiger partial charge in [0.25, 0.3) is 0 Å². The molecule has 1 heterocycles. The van der Waals surface area contributed by atoms with Crippen LogP contribution in [0.2, 0.25) is 0 Å². The molecule has 2 aromatic rings. The van der Waals surface area contributed by atoms with Gasteiger partial charge < -0.3 is 5.11 Å². The normalized spacial score (nSPS) is 23.2. The molecule has 1 aliphatic rings. The van der Waals surface area contributed by atoms with E-state index in [1.165, 1.54) is 0 Å². The summed E-state index contributed by atoms with van der Waals surface area (Å²) >= 11 is 0. The standard InChI is InChI=1S/C13H11NO2/c15-13(16)11-5-10(11)12-7-14-6-8-3-1-2-4-9(8)12/h1-4,6-7,10-11H,5H2,(H,15,16). The van der Waals surface area contributed by atoms with Gasteiger partial charge in [0, 0.05) is 23.7 Å². The van der Waals surface area contributed by atoms with Crippen molar-refractivity contribution in [1.29, 1.82) is 0 Å². The molecule has 3 heteroatoms. The van der Waals surface area contributed by atoms with Crippen molar-refractivity contribution < 1.29 is 9.90 Å². The van der Waals surface area contributed by atoms with E-state index < -0.39 is 5.97 Å². The Balaban J connectivity index is 2.08. The maximum absolute atomic E-state index is 10.9. The molecule has 3 rings (SSSR count). The van der Waals surface area contributed by atoms with E-state index in [9.17, 15) is 4.79 Å². The minimum Gasteiger partial charge on any atom is -0.481 e. The summed E-state index contributed by atoms with van der Waals surface area (Å²) < 4.78 is 0. The highest BCUT2D eigenvalue weighted by atomic mass is 16.4. The molecule has 0 radical (unpaired) electrons. The van der Waals surface area contributed by atoms with Crippen LogP contribution in [-0.4, -0.2) is 16.1 Å². The van der Waals surface area contributed by atoms with Gasteiger partial charge in [-0.3, -0.25) is 9.78 Å². The summed E-state index contributed by atoms with van der Waals surface area (Å²) in [6.45, 7) is 0. The van der Waals surface area contributed by atoms with Crippen molar-refractivity contribution >= 4 is 16.7 Å². The van der Waals surface area contributed by atoms with E-state index in [2.05, 4.69) is 4.98 Å². The second-order valence-corrected chi connectivity index (χ2v) is 4.24. The average molecular weight is 213 g/mol. The van der Waals surface area contributed by atoms with Gasteiger partial charge in [-0.1, -0.05) is 24.3 Å². The monoisotopic (exact) mass is 213 g/mol. The third-order valence-electron chi connectivity index (χ3n) is 3.21. The van der Waals surface area contributed by atoms with Crippen LogP contribution in [0.1, 0.15) is 17.9 Å². The Kier molecular flexibility index (Phi) is 1.93. The molecule has 80 valence electrons. The minimum absolute atomic E-state index is 0.149. The van der Waals surface area contributed by atoms with E-state index in [1.807, 2.05) is 30.5 Å². The van der Waals surface area contributed by atoms with Crippen LogP contribution in [0.5, 0.6) is 0 Å². The van der Waals surface area contributed by atoms with Crippen LogP contribution < -0.4 is 0 Å². The number of nitrogens with zero attached hydrogens (tertiary/aromatic N) is 1. The molecule has 1 N–H and O–H groups in total. The van der Waals surface area contributed by atoms with Gasteiger partial charge in [0.05, 0.1) is 5.92 Å². The van der Waals surface area contributed by atoms with E-state index in [0.717, 1.165) is 22.8 Å². The summed E-state index contributed by atoms with van der Waals surface area (Å²) in [4.78, 5) is 15.0. The first-order valence-corrected chi connectivity index (χ1v) is 5.33. The van der Waals surface area contributed by atoms with Crippen molar-refractivity contribution in [3.05, 3.63) is 42.2 Å². The van der Waals surface area contributed by atoms with Crippen LogP contribution in [0.15, 0.2) is 36.7 Å². The fourth-order valence-electron chi connectivity index (χ4n) is 2.25. The molecule has 2 unspecified atom stereocenters. The zero-order valence-corrected chi connectivity index (χ0v) is 8.63. The summed E-state index contributed by atoms with van der Waals surface area (Å²) in [5.41, 5.74) is 1.07. The second-order valence-electron chi connectivity index (χ2n) is 4.24.